The van der Waals surface area contributed by atoms with E-state index in [1.807, 2.05) is 25.2 Å². The zero-order chi connectivity index (χ0) is 11.7. The highest BCUT2D eigenvalue weighted by Gasteiger charge is 2.14. The predicted octanol–water partition coefficient (Wildman–Crippen LogP) is 3.43. The Hall–Kier alpha value is -1.03. The zero-order valence-corrected chi connectivity index (χ0v) is 11.3. The quantitative estimate of drug-likeness (QED) is 0.807. The van der Waals surface area contributed by atoms with Crippen molar-refractivity contribution >= 4 is 27.0 Å². The molecule has 0 radical (unpaired) electrons. The van der Waals surface area contributed by atoms with E-state index in [1.165, 1.54) is 0 Å². The van der Waals surface area contributed by atoms with Gasteiger partial charge in [0.1, 0.15) is 11.6 Å². The Morgan fingerprint density at radius 2 is 2.25 bits per heavy atom. The van der Waals surface area contributed by atoms with Gasteiger partial charge in [-0.25, -0.2) is 4.98 Å². The number of hydrogen-bond acceptors (Lipinski definition) is 2. The standard InChI is InChI=1S/C12H15BrN2O/c1-4-9(13)12-14-10-7-8(16-3)5-6-11(10)15(12)2/h5-7,9H,4H2,1-3H3. The molecule has 4 heteroatoms. The van der Waals surface area contributed by atoms with Gasteiger partial charge < -0.3 is 9.30 Å². The number of aromatic nitrogens is 2. The normalized spacial score (nSPS) is 13.0. The number of fused-ring (bicyclic) bond motifs is 1. The second-order valence-electron chi connectivity index (χ2n) is 3.76. The van der Waals surface area contributed by atoms with Gasteiger partial charge in [0.2, 0.25) is 0 Å². The van der Waals surface area contributed by atoms with Gasteiger partial charge in [0.05, 0.1) is 23.0 Å². The van der Waals surface area contributed by atoms with Crippen LogP contribution in [0.2, 0.25) is 0 Å². The number of imidazole rings is 1. The number of ether oxygens (including phenoxy) is 1. The summed E-state index contributed by atoms with van der Waals surface area (Å²) in [5.74, 6) is 1.91. The van der Waals surface area contributed by atoms with Crippen molar-refractivity contribution in [3.05, 3.63) is 24.0 Å². The maximum absolute atomic E-state index is 5.20. The van der Waals surface area contributed by atoms with Gasteiger partial charge in [0.25, 0.3) is 0 Å². The summed E-state index contributed by atoms with van der Waals surface area (Å²) in [5.41, 5.74) is 2.11. The Labute approximate surface area is 104 Å². The van der Waals surface area contributed by atoms with E-state index in [9.17, 15) is 0 Å². The van der Waals surface area contributed by atoms with Crippen molar-refractivity contribution in [1.29, 1.82) is 0 Å². The molecular weight excluding hydrogens is 268 g/mol. The van der Waals surface area contributed by atoms with E-state index in [0.717, 1.165) is 29.0 Å². The Bertz CT molecular complexity index is 507. The molecule has 0 fully saturated rings. The van der Waals surface area contributed by atoms with Gasteiger partial charge in [-0.1, -0.05) is 22.9 Å². The van der Waals surface area contributed by atoms with Crippen LogP contribution in [0.3, 0.4) is 0 Å². The van der Waals surface area contributed by atoms with E-state index >= 15 is 0 Å². The highest BCUT2D eigenvalue weighted by Crippen LogP contribution is 2.29. The van der Waals surface area contributed by atoms with Crippen LogP contribution in [0.25, 0.3) is 11.0 Å². The van der Waals surface area contributed by atoms with Gasteiger partial charge in [-0.05, 0) is 18.6 Å². The third-order valence-corrected chi connectivity index (χ3v) is 3.82. The summed E-state index contributed by atoms with van der Waals surface area (Å²) < 4.78 is 7.32. The number of alkyl halides is 1. The SMILES string of the molecule is CCC(Br)c1nc2cc(OC)ccc2n1C. The average Bonchev–Trinajstić information content (AvgIpc) is 2.65. The molecule has 86 valence electrons. The number of nitrogens with zero attached hydrogens (tertiary/aromatic N) is 2. The van der Waals surface area contributed by atoms with Gasteiger partial charge in [0, 0.05) is 13.1 Å². The van der Waals surface area contributed by atoms with Crippen LogP contribution < -0.4 is 4.74 Å². The maximum Gasteiger partial charge on any atom is 0.123 e. The van der Waals surface area contributed by atoms with Crippen molar-refractivity contribution in [2.75, 3.05) is 7.11 Å². The molecule has 1 aromatic carbocycles. The van der Waals surface area contributed by atoms with Gasteiger partial charge in [-0.15, -0.1) is 0 Å². The summed E-state index contributed by atoms with van der Waals surface area (Å²) >= 11 is 3.63. The van der Waals surface area contributed by atoms with Gasteiger partial charge >= 0.3 is 0 Å². The lowest BCUT2D eigenvalue weighted by Crippen LogP contribution is -1.99. The fraction of sp³-hybridized carbons (Fsp3) is 0.417. The Morgan fingerprint density at radius 1 is 1.50 bits per heavy atom. The third kappa shape index (κ3) is 1.82. The van der Waals surface area contributed by atoms with Crippen LogP contribution in [0.1, 0.15) is 24.0 Å². The molecule has 1 unspecified atom stereocenters. The fourth-order valence-electron chi connectivity index (χ4n) is 1.79. The first-order chi connectivity index (χ1) is 7.67. The van der Waals surface area contributed by atoms with Crippen LogP contribution in [0.4, 0.5) is 0 Å². The molecule has 0 aliphatic rings. The largest absolute Gasteiger partial charge is 0.497 e. The minimum atomic E-state index is 0.302. The summed E-state index contributed by atoms with van der Waals surface area (Å²) in [7, 11) is 3.71. The molecule has 1 heterocycles. The van der Waals surface area contributed by atoms with E-state index in [-0.39, 0.29) is 0 Å². The van der Waals surface area contributed by atoms with Crippen LogP contribution in [0.5, 0.6) is 5.75 Å². The number of aryl methyl sites for hydroxylation is 1. The van der Waals surface area contributed by atoms with Crippen molar-refractivity contribution in [2.24, 2.45) is 7.05 Å². The zero-order valence-electron chi connectivity index (χ0n) is 9.70. The number of rotatable bonds is 3. The first kappa shape index (κ1) is 11.5. The van der Waals surface area contributed by atoms with Crippen molar-refractivity contribution in [2.45, 2.75) is 18.2 Å². The number of benzene rings is 1. The molecule has 0 bridgehead atoms. The molecule has 0 saturated heterocycles. The number of methoxy groups -OCH3 is 1. The molecule has 3 nitrogen and oxygen atoms in total. The molecule has 16 heavy (non-hydrogen) atoms. The van der Waals surface area contributed by atoms with Crippen LogP contribution in [-0.4, -0.2) is 16.7 Å². The average molecular weight is 283 g/mol. The molecule has 0 N–H and O–H groups in total. The summed E-state index contributed by atoms with van der Waals surface area (Å²) in [5, 5.41) is 0. The third-order valence-electron chi connectivity index (χ3n) is 2.76. The second kappa shape index (κ2) is 4.45. The highest BCUT2D eigenvalue weighted by atomic mass is 79.9. The Kier molecular flexibility index (Phi) is 3.19. The van der Waals surface area contributed by atoms with Crippen molar-refractivity contribution in [3.63, 3.8) is 0 Å². The molecule has 1 aromatic heterocycles. The van der Waals surface area contributed by atoms with Crippen LogP contribution in [0.15, 0.2) is 18.2 Å². The van der Waals surface area contributed by atoms with Crippen molar-refractivity contribution in [3.8, 4) is 5.75 Å². The van der Waals surface area contributed by atoms with Gasteiger partial charge in [-0.2, -0.15) is 0 Å². The molecule has 2 aromatic rings. The van der Waals surface area contributed by atoms with Crippen LogP contribution in [0, 0.1) is 0 Å². The van der Waals surface area contributed by atoms with Crippen molar-refractivity contribution < 1.29 is 4.74 Å². The Morgan fingerprint density at radius 3 is 2.88 bits per heavy atom. The van der Waals surface area contributed by atoms with Gasteiger partial charge in [-0.3, -0.25) is 0 Å². The lowest BCUT2D eigenvalue weighted by atomic mass is 10.3. The number of halogens is 1. The molecule has 0 spiro atoms. The first-order valence-corrected chi connectivity index (χ1v) is 6.23. The van der Waals surface area contributed by atoms with Crippen LogP contribution in [-0.2, 0) is 7.05 Å². The van der Waals surface area contributed by atoms with E-state index in [1.54, 1.807) is 7.11 Å². The molecule has 0 aliphatic carbocycles. The predicted molar refractivity (Wildman–Crippen MR) is 69.2 cm³/mol. The minimum absolute atomic E-state index is 0.302. The maximum atomic E-state index is 5.20. The van der Waals surface area contributed by atoms with Crippen molar-refractivity contribution in [1.82, 2.24) is 9.55 Å². The molecule has 2 rings (SSSR count). The number of hydrogen-bond donors (Lipinski definition) is 0. The topological polar surface area (TPSA) is 27.1 Å². The first-order valence-electron chi connectivity index (χ1n) is 5.31. The molecule has 0 saturated carbocycles. The van der Waals surface area contributed by atoms with Crippen LogP contribution >= 0.6 is 15.9 Å². The molecule has 1 atom stereocenters. The highest BCUT2D eigenvalue weighted by molar-refractivity contribution is 9.09. The minimum Gasteiger partial charge on any atom is -0.497 e. The second-order valence-corrected chi connectivity index (χ2v) is 4.86. The fourth-order valence-corrected chi connectivity index (χ4v) is 2.20. The van der Waals surface area contributed by atoms with E-state index < -0.39 is 0 Å². The smallest absolute Gasteiger partial charge is 0.123 e. The van der Waals surface area contributed by atoms with E-state index in [2.05, 4.69) is 32.4 Å². The summed E-state index contributed by atoms with van der Waals surface area (Å²) in [6.45, 7) is 2.14. The summed E-state index contributed by atoms with van der Waals surface area (Å²) in [6.07, 6.45) is 1.02. The molecule has 0 amide bonds. The molecular formula is C12H15BrN2O. The summed E-state index contributed by atoms with van der Waals surface area (Å²) in [4.78, 5) is 4.93. The lowest BCUT2D eigenvalue weighted by molar-refractivity contribution is 0.415. The molecule has 0 aliphatic heterocycles. The van der Waals surface area contributed by atoms with Gasteiger partial charge in [0.15, 0.2) is 0 Å². The lowest BCUT2D eigenvalue weighted by Gasteiger charge is -2.06. The monoisotopic (exact) mass is 282 g/mol. The van der Waals surface area contributed by atoms with E-state index in [0.29, 0.717) is 4.83 Å². The summed E-state index contributed by atoms with van der Waals surface area (Å²) in [6, 6.07) is 5.97. The van der Waals surface area contributed by atoms with E-state index in [4.69, 9.17) is 4.74 Å². The Balaban J connectivity index is 2.58.